The molecule has 0 saturated carbocycles. The molecule has 0 bridgehead atoms. The zero-order valence-electron chi connectivity index (χ0n) is 11.5. The van der Waals surface area contributed by atoms with Crippen molar-refractivity contribution in [1.29, 1.82) is 0 Å². The number of aromatic amines is 1. The van der Waals surface area contributed by atoms with E-state index < -0.39 is 0 Å². The molecule has 2 N–H and O–H groups in total. The van der Waals surface area contributed by atoms with Crippen LogP contribution in [0.2, 0.25) is 0 Å². The van der Waals surface area contributed by atoms with Crippen LogP contribution < -0.4 is 5.32 Å². The van der Waals surface area contributed by atoms with Gasteiger partial charge in [-0.2, -0.15) is 0 Å². The van der Waals surface area contributed by atoms with E-state index >= 15 is 0 Å². The maximum atomic E-state index is 4.58. The molecule has 0 spiro atoms. The molecule has 0 radical (unpaired) electrons. The molecule has 21 heavy (non-hydrogen) atoms. The van der Waals surface area contributed by atoms with Gasteiger partial charge in [0.15, 0.2) is 0 Å². The lowest BCUT2D eigenvalue weighted by Gasteiger charge is -2.15. The molecular weight excluding hydrogens is 394 g/mol. The first kappa shape index (κ1) is 14.8. The molecule has 3 rings (SSSR count). The molecule has 3 nitrogen and oxygen atoms in total. The van der Waals surface area contributed by atoms with Gasteiger partial charge in [-0.15, -0.1) is 0 Å². The molecule has 0 aliphatic heterocycles. The minimum Gasteiger partial charge on any atom is -0.341 e. The Balaban J connectivity index is 1.71. The molecule has 1 atom stereocenters. The first-order valence-electron chi connectivity index (χ1n) is 6.75. The molecule has 0 saturated heterocycles. The Labute approximate surface area is 140 Å². The van der Waals surface area contributed by atoms with Crippen molar-refractivity contribution in [2.75, 3.05) is 0 Å². The monoisotopic (exact) mass is 407 g/mol. The summed E-state index contributed by atoms with van der Waals surface area (Å²) in [6.07, 6.45) is 0. The number of fused-ring (bicyclic) bond motifs is 1. The van der Waals surface area contributed by atoms with E-state index in [0.717, 1.165) is 25.8 Å². The van der Waals surface area contributed by atoms with E-state index in [1.165, 1.54) is 5.56 Å². The Morgan fingerprint density at radius 2 is 2.00 bits per heavy atom. The summed E-state index contributed by atoms with van der Waals surface area (Å²) in [4.78, 5) is 7.91. The number of aromatic nitrogens is 2. The molecular formula is C16H15Br2N3. The van der Waals surface area contributed by atoms with Gasteiger partial charge in [-0.25, -0.2) is 4.98 Å². The van der Waals surface area contributed by atoms with E-state index in [9.17, 15) is 0 Å². The molecule has 5 heteroatoms. The summed E-state index contributed by atoms with van der Waals surface area (Å²) in [6, 6.07) is 14.5. The van der Waals surface area contributed by atoms with Gasteiger partial charge in [0.05, 0.1) is 17.6 Å². The van der Waals surface area contributed by atoms with Crippen LogP contribution >= 0.6 is 31.9 Å². The van der Waals surface area contributed by atoms with Crippen LogP contribution in [0.1, 0.15) is 24.4 Å². The fraction of sp³-hybridized carbons (Fsp3) is 0.188. The molecule has 1 unspecified atom stereocenters. The summed E-state index contributed by atoms with van der Waals surface area (Å²) in [6.45, 7) is 2.86. The highest BCUT2D eigenvalue weighted by Gasteiger charge is 2.10. The van der Waals surface area contributed by atoms with Gasteiger partial charge in [0.25, 0.3) is 0 Å². The minimum atomic E-state index is 0.237. The lowest BCUT2D eigenvalue weighted by molar-refractivity contribution is 0.561. The van der Waals surface area contributed by atoms with Crippen molar-refractivity contribution in [3.63, 3.8) is 0 Å². The summed E-state index contributed by atoms with van der Waals surface area (Å²) in [5, 5.41) is 3.50. The number of para-hydroxylation sites is 2. The molecule has 108 valence electrons. The number of halogens is 2. The first-order valence-corrected chi connectivity index (χ1v) is 8.34. The largest absolute Gasteiger partial charge is 0.341 e. The highest BCUT2D eigenvalue weighted by atomic mass is 79.9. The maximum absolute atomic E-state index is 4.58. The van der Waals surface area contributed by atoms with Crippen molar-refractivity contribution in [3.8, 4) is 0 Å². The van der Waals surface area contributed by atoms with Gasteiger partial charge in [0.1, 0.15) is 5.82 Å². The number of hydrogen-bond donors (Lipinski definition) is 2. The normalized spacial score (nSPS) is 12.7. The smallest absolute Gasteiger partial charge is 0.121 e. The molecule has 3 aromatic rings. The highest BCUT2D eigenvalue weighted by Crippen LogP contribution is 2.26. The van der Waals surface area contributed by atoms with Crippen molar-refractivity contribution in [2.45, 2.75) is 19.5 Å². The predicted octanol–water partition coefficient (Wildman–Crippen LogP) is 4.94. The van der Waals surface area contributed by atoms with Gasteiger partial charge in [0.2, 0.25) is 0 Å². The fourth-order valence-electron chi connectivity index (χ4n) is 2.30. The SMILES string of the molecule is CC(NCc1nc2ccccc2[nH]1)c1ccc(Br)cc1Br. The third-order valence-electron chi connectivity index (χ3n) is 3.44. The van der Waals surface area contributed by atoms with Gasteiger partial charge < -0.3 is 10.3 Å². The first-order chi connectivity index (χ1) is 10.1. The number of H-pyrrole nitrogens is 1. The third kappa shape index (κ3) is 3.36. The van der Waals surface area contributed by atoms with Crippen molar-refractivity contribution in [2.24, 2.45) is 0 Å². The molecule has 1 heterocycles. The van der Waals surface area contributed by atoms with Crippen LogP contribution in [0.15, 0.2) is 51.4 Å². The Hall–Kier alpha value is -1.17. The van der Waals surface area contributed by atoms with E-state index in [0.29, 0.717) is 6.54 Å². The lowest BCUT2D eigenvalue weighted by atomic mass is 10.1. The quantitative estimate of drug-likeness (QED) is 0.641. The van der Waals surface area contributed by atoms with E-state index in [-0.39, 0.29) is 6.04 Å². The Morgan fingerprint density at radius 3 is 2.76 bits per heavy atom. The molecule has 2 aromatic carbocycles. The van der Waals surface area contributed by atoms with Crippen LogP contribution in [0, 0.1) is 0 Å². The predicted molar refractivity (Wildman–Crippen MR) is 93.2 cm³/mol. The van der Waals surface area contributed by atoms with Crippen molar-refractivity contribution in [3.05, 3.63) is 62.8 Å². The number of nitrogens with one attached hydrogen (secondary N) is 2. The molecule has 0 amide bonds. The van der Waals surface area contributed by atoms with Crippen molar-refractivity contribution < 1.29 is 0 Å². The third-order valence-corrected chi connectivity index (χ3v) is 4.62. The second-order valence-corrected chi connectivity index (χ2v) is 6.74. The highest BCUT2D eigenvalue weighted by molar-refractivity contribution is 9.11. The van der Waals surface area contributed by atoms with Gasteiger partial charge in [-0.3, -0.25) is 0 Å². The van der Waals surface area contributed by atoms with Gasteiger partial charge in [-0.1, -0.05) is 50.1 Å². The van der Waals surface area contributed by atoms with E-state index in [4.69, 9.17) is 0 Å². The second kappa shape index (κ2) is 6.30. The average molecular weight is 409 g/mol. The number of benzene rings is 2. The maximum Gasteiger partial charge on any atom is 0.121 e. The summed E-state index contributed by atoms with van der Waals surface area (Å²) >= 11 is 7.08. The fourth-order valence-corrected chi connectivity index (χ4v) is 3.69. The van der Waals surface area contributed by atoms with Crippen molar-refractivity contribution in [1.82, 2.24) is 15.3 Å². The van der Waals surface area contributed by atoms with Crippen molar-refractivity contribution >= 4 is 42.9 Å². The second-order valence-electron chi connectivity index (χ2n) is 4.97. The molecule has 0 aliphatic carbocycles. The zero-order valence-corrected chi connectivity index (χ0v) is 14.7. The summed E-state index contributed by atoms with van der Waals surface area (Å²) in [5.41, 5.74) is 3.31. The van der Waals surface area contributed by atoms with E-state index in [2.05, 4.69) is 72.3 Å². The van der Waals surface area contributed by atoms with Gasteiger partial charge >= 0.3 is 0 Å². The van der Waals surface area contributed by atoms with Gasteiger partial charge in [0, 0.05) is 15.0 Å². The Morgan fingerprint density at radius 1 is 1.19 bits per heavy atom. The standard InChI is InChI=1S/C16H15Br2N3/c1-10(12-7-6-11(17)8-13(12)18)19-9-16-20-14-4-2-3-5-15(14)21-16/h2-8,10,19H,9H2,1H3,(H,20,21). The average Bonchev–Trinajstić information content (AvgIpc) is 2.87. The number of rotatable bonds is 4. The molecule has 0 fully saturated rings. The van der Waals surface area contributed by atoms with Crippen LogP contribution in [0.5, 0.6) is 0 Å². The van der Waals surface area contributed by atoms with Crippen LogP contribution in [0.4, 0.5) is 0 Å². The minimum absolute atomic E-state index is 0.237. The van der Waals surface area contributed by atoms with E-state index in [1.54, 1.807) is 0 Å². The summed E-state index contributed by atoms with van der Waals surface area (Å²) in [7, 11) is 0. The Bertz CT molecular complexity index is 734. The van der Waals surface area contributed by atoms with Crippen LogP contribution in [-0.4, -0.2) is 9.97 Å². The summed E-state index contributed by atoms with van der Waals surface area (Å²) in [5.74, 6) is 0.955. The van der Waals surface area contributed by atoms with Crippen LogP contribution in [0.25, 0.3) is 11.0 Å². The number of nitrogens with zero attached hydrogens (tertiary/aromatic N) is 1. The Kier molecular flexibility index (Phi) is 4.42. The van der Waals surface area contributed by atoms with Crippen LogP contribution in [-0.2, 0) is 6.54 Å². The number of hydrogen-bond acceptors (Lipinski definition) is 2. The zero-order chi connectivity index (χ0) is 14.8. The molecule has 1 aromatic heterocycles. The van der Waals surface area contributed by atoms with E-state index in [1.807, 2.05) is 24.3 Å². The number of imidazole rings is 1. The summed E-state index contributed by atoms with van der Waals surface area (Å²) < 4.78 is 2.17. The molecule has 0 aliphatic rings. The van der Waals surface area contributed by atoms with Gasteiger partial charge in [-0.05, 0) is 36.8 Å². The lowest BCUT2D eigenvalue weighted by Crippen LogP contribution is -2.19. The topological polar surface area (TPSA) is 40.7 Å². The van der Waals surface area contributed by atoms with Crippen LogP contribution in [0.3, 0.4) is 0 Å².